The number of nitrogens with two attached hydrogens (primary N) is 1. The van der Waals surface area contributed by atoms with Gasteiger partial charge in [-0.25, -0.2) is 9.18 Å². The number of carbonyl (C=O) groups is 2. The van der Waals surface area contributed by atoms with Crippen LogP contribution in [-0.2, 0) is 18.8 Å². The number of halogens is 1. The topological polar surface area (TPSA) is 151 Å². The van der Waals surface area contributed by atoms with Crippen LogP contribution < -0.4 is 16.5 Å². The number of methoxy groups -OCH3 is 1. The molecule has 3 N–H and O–H groups in total. The van der Waals surface area contributed by atoms with Gasteiger partial charge in [0.25, 0.3) is 5.91 Å². The van der Waals surface area contributed by atoms with E-state index in [9.17, 15) is 14.9 Å². The zero-order valence-corrected chi connectivity index (χ0v) is 21.3. The van der Waals surface area contributed by atoms with Crippen LogP contribution >= 0.6 is 0 Å². The number of benzene rings is 1. The minimum Gasteiger partial charge on any atom is -0.465 e. The number of primary amides is 1. The van der Waals surface area contributed by atoms with Crippen LogP contribution in [0.5, 0.6) is 0 Å². The van der Waals surface area contributed by atoms with E-state index in [2.05, 4.69) is 16.5 Å². The van der Waals surface area contributed by atoms with Gasteiger partial charge in [-0.05, 0) is 46.2 Å². The lowest BCUT2D eigenvalue weighted by Crippen LogP contribution is -2.41. The number of hydrogen-bond acceptors (Lipinski definition) is 9. The van der Waals surface area contributed by atoms with E-state index in [1.54, 1.807) is 0 Å². The maximum absolute atomic E-state index is 15.3. The average Bonchev–Trinajstić information content (AvgIpc) is 3.35. The minimum absolute atomic E-state index is 0.0388. The fourth-order valence-electron chi connectivity index (χ4n) is 4.28. The summed E-state index contributed by atoms with van der Waals surface area (Å²) >= 11 is 0. The number of nitriles is 1. The van der Waals surface area contributed by atoms with Crippen LogP contribution in [0.4, 0.5) is 15.9 Å². The highest BCUT2D eigenvalue weighted by molar-refractivity contribution is 6.63. The van der Waals surface area contributed by atoms with E-state index in [0.29, 0.717) is 13.0 Å². The number of hydrogen-bond donors (Lipinski definition) is 2. The highest BCUT2D eigenvalue weighted by Gasteiger charge is 2.53. The van der Waals surface area contributed by atoms with E-state index >= 15 is 4.39 Å². The summed E-state index contributed by atoms with van der Waals surface area (Å²) in [6.07, 6.45) is 1.95. The average molecular weight is 513 g/mol. The molecule has 13 heteroatoms. The summed E-state index contributed by atoms with van der Waals surface area (Å²) < 4.78 is 39.2. The first-order valence-corrected chi connectivity index (χ1v) is 11.8. The summed E-state index contributed by atoms with van der Waals surface area (Å²) in [5.74, 6) is -2.85. The van der Waals surface area contributed by atoms with Crippen LogP contribution in [0.25, 0.3) is 0 Å². The normalized spacial score (nSPS) is 22.4. The van der Waals surface area contributed by atoms with Gasteiger partial charge >= 0.3 is 13.1 Å². The van der Waals surface area contributed by atoms with E-state index in [-0.39, 0.29) is 40.6 Å². The number of esters is 1. The SMILES string of the molecule is COC(=O)c1c(F)cc(Nc2nn([C@@H]3COCC[C@H]3C#N)cc2C(N)=O)cc1B1OC(C)(C)C(C)(C)O1. The van der Waals surface area contributed by atoms with Crippen molar-refractivity contribution in [1.29, 1.82) is 5.26 Å². The lowest BCUT2D eigenvalue weighted by molar-refractivity contribution is 0.00578. The van der Waals surface area contributed by atoms with Crippen LogP contribution in [-0.4, -0.2) is 60.3 Å². The third-order valence-electron chi connectivity index (χ3n) is 7.11. The molecule has 2 aromatic rings. The van der Waals surface area contributed by atoms with Gasteiger partial charge in [0.2, 0.25) is 0 Å². The molecule has 3 heterocycles. The minimum atomic E-state index is -1.07. The van der Waals surface area contributed by atoms with E-state index in [1.807, 2.05) is 27.7 Å². The summed E-state index contributed by atoms with van der Waals surface area (Å²) in [4.78, 5) is 24.7. The third-order valence-corrected chi connectivity index (χ3v) is 7.11. The van der Waals surface area contributed by atoms with E-state index in [0.717, 1.165) is 13.2 Å². The Labute approximate surface area is 214 Å². The first kappa shape index (κ1) is 26.6. The Morgan fingerprint density at radius 2 is 1.97 bits per heavy atom. The maximum atomic E-state index is 15.3. The van der Waals surface area contributed by atoms with Gasteiger partial charge in [0.1, 0.15) is 11.4 Å². The number of nitrogens with zero attached hydrogens (tertiary/aromatic N) is 3. The lowest BCUT2D eigenvalue weighted by atomic mass is 9.75. The first-order valence-electron chi connectivity index (χ1n) is 11.8. The van der Waals surface area contributed by atoms with Crippen molar-refractivity contribution in [2.75, 3.05) is 25.6 Å². The van der Waals surface area contributed by atoms with Crippen molar-refractivity contribution in [3.63, 3.8) is 0 Å². The van der Waals surface area contributed by atoms with Gasteiger partial charge in [-0.1, -0.05) is 0 Å². The van der Waals surface area contributed by atoms with Crippen LogP contribution in [0.1, 0.15) is 60.9 Å². The van der Waals surface area contributed by atoms with Crippen molar-refractivity contribution < 1.29 is 32.8 Å². The first-order chi connectivity index (χ1) is 17.4. The van der Waals surface area contributed by atoms with Crippen LogP contribution in [0.15, 0.2) is 18.3 Å². The molecule has 0 radical (unpaired) electrons. The van der Waals surface area contributed by atoms with Crippen LogP contribution in [0, 0.1) is 23.1 Å². The Morgan fingerprint density at radius 1 is 1.30 bits per heavy atom. The van der Waals surface area contributed by atoms with E-state index in [4.69, 9.17) is 24.5 Å². The highest BCUT2D eigenvalue weighted by atomic mass is 19.1. The van der Waals surface area contributed by atoms with Crippen molar-refractivity contribution in [1.82, 2.24) is 9.78 Å². The van der Waals surface area contributed by atoms with Crippen molar-refractivity contribution in [3.8, 4) is 6.07 Å². The molecule has 2 aliphatic rings. The van der Waals surface area contributed by atoms with Gasteiger partial charge in [0.15, 0.2) is 5.82 Å². The van der Waals surface area contributed by atoms with Crippen LogP contribution in [0.2, 0.25) is 0 Å². The lowest BCUT2D eigenvalue weighted by Gasteiger charge is -2.32. The molecule has 2 atom stereocenters. The van der Waals surface area contributed by atoms with Gasteiger partial charge in [-0.3, -0.25) is 9.48 Å². The highest BCUT2D eigenvalue weighted by Crippen LogP contribution is 2.37. The molecule has 2 saturated heterocycles. The van der Waals surface area contributed by atoms with Crippen molar-refractivity contribution >= 4 is 36.0 Å². The van der Waals surface area contributed by atoms with Crippen LogP contribution in [0.3, 0.4) is 0 Å². The second kappa shape index (κ2) is 9.77. The van der Waals surface area contributed by atoms with Crippen molar-refractivity contribution in [2.45, 2.75) is 51.4 Å². The second-order valence-electron chi connectivity index (χ2n) is 10.0. The Kier molecular flexibility index (Phi) is 7.03. The molecule has 0 spiro atoms. The van der Waals surface area contributed by atoms with Gasteiger partial charge < -0.3 is 29.8 Å². The molecule has 1 aromatic heterocycles. The fourth-order valence-corrected chi connectivity index (χ4v) is 4.28. The third kappa shape index (κ3) is 4.92. The predicted molar refractivity (Wildman–Crippen MR) is 131 cm³/mol. The van der Waals surface area contributed by atoms with Gasteiger partial charge in [-0.15, -0.1) is 0 Å². The second-order valence-corrected chi connectivity index (χ2v) is 10.0. The summed E-state index contributed by atoms with van der Waals surface area (Å²) in [6.45, 7) is 8.03. The Bertz CT molecular complexity index is 1260. The molecule has 37 heavy (non-hydrogen) atoms. The van der Waals surface area contributed by atoms with Gasteiger partial charge in [-0.2, -0.15) is 10.4 Å². The zero-order chi connectivity index (χ0) is 27.1. The largest absolute Gasteiger partial charge is 0.495 e. The molecule has 1 aromatic carbocycles. The smallest absolute Gasteiger partial charge is 0.465 e. The summed E-state index contributed by atoms with van der Waals surface area (Å²) in [5.41, 5.74) is 4.06. The molecule has 196 valence electrons. The molecular formula is C24H29BFN5O6. The number of anilines is 2. The summed E-state index contributed by atoms with van der Waals surface area (Å²) in [7, 11) is 0.0799. The van der Waals surface area contributed by atoms with Gasteiger partial charge in [0, 0.05) is 24.0 Å². The Morgan fingerprint density at radius 3 is 2.57 bits per heavy atom. The zero-order valence-electron chi connectivity index (χ0n) is 21.3. The molecule has 1 amide bonds. The number of nitrogens with one attached hydrogen (secondary N) is 1. The number of ether oxygens (including phenoxy) is 2. The molecule has 0 unspecified atom stereocenters. The van der Waals surface area contributed by atoms with E-state index < -0.39 is 42.1 Å². The number of carbonyl (C=O) groups excluding carboxylic acids is 2. The number of rotatable bonds is 6. The molecule has 2 aliphatic heterocycles. The molecule has 0 bridgehead atoms. The number of amides is 1. The molecule has 0 saturated carbocycles. The van der Waals surface area contributed by atoms with Gasteiger partial charge in [0.05, 0.1) is 48.5 Å². The monoisotopic (exact) mass is 513 g/mol. The molecule has 2 fully saturated rings. The van der Waals surface area contributed by atoms with Crippen molar-refractivity contribution in [2.24, 2.45) is 11.7 Å². The summed E-state index contributed by atoms with van der Waals surface area (Å²) in [5, 5.41) is 16.9. The quantitative estimate of drug-likeness (QED) is 0.437. The van der Waals surface area contributed by atoms with Crippen molar-refractivity contribution in [3.05, 3.63) is 35.3 Å². The molecular weight excluding hydrogens is 484 g/mol. The summed E-state index contributed by atoms with van der Waals surface area (Å²) in [6, 6.07) is 4.37. The maximum Gasteiger partial charge on any atom is 0.495 e. The molecule has 4 rings (SSSR count). The molecule has 11 nitrogen and oxygen atoms in total. The molecule has 0 aliphatic carbocycles. The predicted octanol–water partition coefficient (Wildman–Crippen LogP) is 2.05. The van der Waals surface area contributed by atoms with E-state index in [1.165, 1.54) is 16.9 Å². The number of aromatic nitrogens is 2. The standard InChI is InChI=1S/C24H29BFN5O6/c1-23(2)24(3,4)37-25(36-23)16-8-14(9-17(26)19(16)22(33)34-5)29-21-15(20(28)32)11-31(30-21)18-12-35-7-6-13(18)10-27/h8-9,11,13,18H,6-7,12H2,1-5H3,(H2,28,32)(H,29,30)/t13-,18+/m0/s1. The Balaban J connectivity index is 1.75. The fraction of sp³-hybridized carbons (Fsp3) is 0.500. The Hall–Kier alpha value is -3.47.